The van der Waals surface area contributed by atoms with Gasteiger partial charge in [-0.15, -0.1) is 0 Å². The number of nitriles is 1. The van der Waals surface area contributed by atoms with E-state index in [4.69, 9.17) is 11.1 Å². The van der Waals surface area contributed by atoms with Gasteiger partial charge < -0.3 is 5.43 Å². The van der Waals surface area contributed by atoms with Gasteiger partial charge >= 0.3 is 0 Å². The van der Waals surface area contributed by atoms with Gasteiger partial charge in [0.05, 0.1) is 18.2 Å². The van der Waals surface area contributed by atoms with Crippen LogP contribution < -0.4 is 11.3 Å². The van der Waals surface area contributed by atoms with Gasteiger partial charge in [0, 0.05) is 5.56 Å². The summed E-state index contributed by atoms with van der Waals surface area (Å²) < 4.78 is 13.0. The van der Waals surface area contributed by atoms with Gasteiger partial charge in [-0.25, -0.2) is 4.39 Å². The van der Waals surface area contributed by atoms with Crippen molar-refractivity contribution in [2.75, 3.05) is 5.43 Å². The van der Waals surface area contributed by atoms with E-state index < -0.39 is 5.82 Å². The number of hydrazine groups is 1. The number of benzene rings is 1. The van der Waals surface area contributed by atoms with Crippen LogP contribution in [-0.2, 0) is 6.42 Å². The molecule has 3 nitrogen and oxygen atoms in total. The van der Waals surface area contributed by atoms with Gasteiger partial charge in [0.2, 0.25) is 0 Å². The summed E-state index contributed by atoms with van der Waals surface area (Å²) in [6, 6.07) is 6.32. The highest BCUT2D eigenvalue weighted by molar-refractivity contribution is 5.51. The molecule has 62 valence electrons. The van der Waals surface area contributed by atoms with E-state index in [0.29, 0.717) is 11.3 Å². The summed E-state index contributed by atoms with van der Waals surface area (Å²) in [5.41, 5.74) is 3.09. The number of halogens is 1. The highest BCUT2D eigenvalue weighted by atomic mass is 19.1. The first kappa shape index (κ1) is 8.50. The van der Waals surface area contributed by atoms with Crippen LogP contribution in [0.2, 0.25) is 0 Å². The molecule has 3 N–H and O–H groups in total. The first-order chi connectivity index (χ1) is 5.79. The second-order valence-electron chi connectivity index (χ2n) is 2.25. The van der Waals surface area contributed by atoms with Gasteiger partial charge in [0.15, 0.2) is 0 Å². The summed E-state index contributed by atoms with van der Waals surface area (Å²) >= 11 is 0. The minimum atomic E-state index is -0.410. The van der Waals surface area contributed by atoms with Crippen molar-refractivity contribution in [3.8, 4) is 6.07 Å². The Morgan fingerprint density at radius 1 is 1.58 bits per heavy atom. The van der Waals surface area contributed by atoms with E-state index in [1.807, 2.05) is 6.07 Å². The van der Waals surface area contributed by atoms with Gasteiger partial charge in [-0.05, 0) is 12.1 Å². The molecular weight excluding hydrogens is 157 g/mol. The summed E-state index contributed by atoms with van der Waals surface area (Å²) in [7, 11) is 0. The van der Waals surface area contributed by atoms with Crippen LogP contribution in [0.4, 0.5) is 10.1 Å². The first-order valence-electron chi connectivity index (χ1n) is 3.40. The predicted molar refractivity (Wildman–Crippen MR) is 43.5 cm³/mol. The van der Waals surface area contributed by atoms with Crippen LogP contribution in [0.5, 0.6) is 0 Å². The largest absolute Gasteiger partial charge is 0.324 e. The highest BCUT2D eigenvalue weighted by Crippen LogP contribution is 2.17. The Hall–Kier alpha value is -1.60. The van der Waals surface area contributed by atoms with E-state index in [1.165, 1.54) is 12.1 Å². The molecule has 0 aliphatic rings. The Morgan fingerprint density at radius 2 is 2.33 bits per heavy atom. The zero-order chi connectivity index (χ0) is 8.97. The zero-order valence-corrected chi connectivity index (χ0v) is 6.34. The van der Waals surface area contributed by atoms with Crippen molar-refractivity contribution in [1.29, 1.82) is 5.26 Å². The predicted octanol–water partition coefficient (Wildman–Crippen LogP) is 1.18. The Morgan fingerprint density at radius 3 is 2.92 bits per heavy atom. The van der Waals surface area contributed by atoms with Crippen LogP contribution >= 0.6 is 0 Å². The molecular formula is C8H8FN3. The van der Waals surface area contributed by atoms with Crippen molar-refractivity contribution in [2.24, 2.45) is 5.84 Å². The second kappa shape index (κ2) is 3.69. The number of hydrogen-bond acceptors (Lipinski definition) is 3. The molecule has 0 unspecified atom stereocenters. The molecule has 0 saturated carbocycles. The normalized spacial score (nSPS) is 9.08. The monoisotopic (exact) mass is 165 g/mol. The van der Waals surface area contributed by atoms with Crippen molar-refractivity contribution in [1.82, 2.24) is 0 Å². The third kappa shape index (κ3) is 1.52. The van der Waals surface area contributed by atoms with E-state index in [2.05, 4.69) is 5.43 Å². The molecule has 0 aliphatic heterocycles. The minimum absolute atomic E-state index is 0.0200. The lowest BCUT2D eigenvalue weighted by Gasteiger charge is -2.05. The molecule has 1 rings (SSSR count). The first-order valence-corrected chi connectivity index (χ1v) is 3.40. The molecule has 0 fully saturated rings. The fraction of sp³-hybridized carbons (Fsp3) is 0.125. The summed E-state index contributed by atoms with van der Waals surface area (Å²) in [5, 5.41) is 8.38. The van der Waals surface area contributed by atoms with Crippen molar-refractivity contribution in [3.63, 3.8) is 0 Å². The molecule has 0 heterocycles. The average molecular weight is 165 g/mol. The lowest BCUT2D eigenvalue weighted by molar-refractivity contribution is 0.616. The summed E-state index contributed by atoms with van der Waals surface area (Å²) in [4.78, 5) is 0. The molecule has 0 radical (unpaired) electrons. The SMILES string of the molecule is N#CCc1c(F)cccc1NN. The topological polar surface area (TPSA) is 61.8 Å². The maximum Gasteiger partial charge on any atom is 0.129 e. The number of nitrogen functional groups attached to an aromatic ring is 1. The second-order valence-corrected chi connectivity index (χ2v) is 2.25. The lowest BCUT2D eigenvalue weighted by atomic mass is 10.1. The number of anilines is 1. The summed E-state index contributed by atoms with van der Waals surface area (Å²) in [6.45, 7) is 0. The van der Waals surface area contributed by atoms with Gasteiger partial charge in [-0.2, -0.15) is 5.26 Å². The van der Waals surface area contributed by atoms with Crippen LogP contribution in [0.15, 0.2) is 18.2 Å². The van der Waals surface area contributed by atoms with Gasteiger partial charge in [-0.1, -0.05) is 6.07 Å². The maximum absolute atomic E-state index is 13.0. The molecule has 0 atom stereocenters. The minimum Gasteiger partial charge on any atom is -0.324 e. The lowest BCUT2D eigenvalue weighted by Crippen LogP contribution is -2.09. The fourth-order valence-corrected chi connectivity index (χ4v) is 0.953. The Bertz CT molecular complexity index is 317. The Labute approximate surface area is 69.6 Å². The summed E-state index contributed by atoms with van der Waals surface area (Å²) in [6.07, 6.45) is 0.0200. The molecule has 0 amide bonds. The van der Waals surface area contributed by atoms with Crippen molar-refractivity contribution >= 4 is 5.69 Å². The number of hydrogen-bond donors (Lipinski definition) is 2. The van der Waals surface area contributed by atoms with Gasteiger partial charge in [-0.3, -0.25) is 5.84 Å². The molecule has 0 aromatic heterocycles. The third-order valence-electron chi connectivity index (χ3n) is 1.53. The maximum atomic E-state index is 13.0. The van der Waals surface area contributed by atoms with E-state index >= 15 is 0 Å². The average Bonchev–Trinajstić information content (AvgIpc) is 2.09. The van der Waals surface area contributed by atoms with Crippen molar-refractivity contribution in [2.45, 2.75) is 6.42 Å². The molecule has 0 bridgehead atoms. The zero-order valence-electron chi connectivity index (χ0n) is 6.34. The van der Waals surface area contributed by atoms with E-state index in [-0.39, 0.29) is 6.42 Å². The van der Waals surface area contributed by atoms with E-state index in [9.17, 15) is 4.39 Å². The van der Waals surface area contributed by atoms with Gasteiger partial charge in [0.1, 0.15) is 5.82 Å². The smallest absolute Gasteiger partial charge is 0.129 e. The standard InChI is InChI=1S/C8H8FN3/c9-7-2-1-3-8(12-11)6(7)4-5-10/h1-3,12H,4,11H2. The highest BCUT2D eigenvalue weighted by Gasteiger charge is 2.05. The van der Waals surface area contributed by atoms with E-state index in [1.54, 1.807) is 6.07 Å². The summed E-state index contributed by atoms with van der Waals surface area (Å²) in [5.74, 6) is 4.71. The number of nitrogens with one attached hydrogen (secondary N) is 1. The number of nitrogens with two attached hydrogens (primary N) is 1. The molecule has 0 aliphatic carbocycles. The van der Waals surface area contributed by atoms with E-state index in [0.717, 1.165) is 0 Å². The van der Waals surface area contributed by atoms with Crippen LogP contribution in [0.1, 0.15) is 5.56 Å². The Balaban J connectivity index is 3.12. The molecule has 0 spiro atoms. The van der Waals surface area contributed by atoms with Crippen LogP contribution in [0.3, 0.4) is 0 Å². The third-order valence-corrected chi connectivity index (χ3v) is 1.53. The molecule has 4 heteroatoms. The van der Waals surface area contributed by atoms with Crippen molar-refractivity contribution in [3.05, 3.63) is 29.6 Å². The van der Waals surface area contributed by atoms with Crippen LogP contribution in [0.25, 0.3) is 0 Å². The van der Waals surface area contributed by atoms with Crippen molar-refractivity contribution < 1.29 is 4.39 Å². The van der Waals surface area contributed by atoms with Gasteiger partial charge in [0.25, 0.3) is 0 Å². The quantitative estimate of drug-likeness (QED) is 0.511. The molecule has 12 heavy (non-hydrogen) atoms. The molecule has 1 aromatic carbocycles. The number of nitrogens with zero attached hydrogens (tertiary/aromatic N) is 1. The Kier molecular flexibility index (Phi) is 2.62. The molecule has 1 aromatic rings. The van der Waals surface area contributed by atoms with Crippen LogP contribution in [0, 0.1) is 17.1 Å². The fourth-order valence-electron chi connectivity index (χ4n) is 0.953. The number of rotatable bonds is 2. The van der Waals surface area contributed by atoms with Crippen LogP contribution in [-0.4, -0.2) is 0 Å². The molecule has 0 saturated heterocycles.